The van der Waals surface area contributed by atoms with Crippen molar-refractivity contribution in [2.75, 3.05) is 46.9 Å². The van der Waals surface area contributed by atoms with Crippen molar-refractivity contribution in [3.8, 4) is 11.5 Å². The van der Waals surface area contributed by atoms with Gasteiger partial charge in [0, 0.05) is 19.6 Å². The van der Waals surface area contributed by atoms with E-state index in [4.69, 9.17) is 21.1 Å². The number of piperidine rings is 1. The predicted octanol–water partition coefficient (Wildman–Crippen LogP) is 3.99. The van der Waals surface area contributed by atoms with E-state index in [0.29, 0.717) is 23.9 Å². The van der Waals surface area contributed by atoms with E-state index < -0.39 is 5.60 Å². The molecule has 0 bridgehead atoms. The molecule has 1 saturated heterocycles. The van der Waals surface area contributed by atoms with Crippen molar-refractivity contribution in [3.63, 3.8) is 0 Å². The Morgan fingerprint density at radius 3 is 2.63 bits per heavy atom. The molecule has 2 aromatic rings. The van der Waals surface area contributed by atoms with Crippen LogP contribution in [0.2, 0.25) is 5.02 Å². The van der Waals surface area contributed by atoms with Crippen LogP contribution in [0, 0.1) is 6.92 Å². The topological polar surface area (TPSA) is 45.2 Å². The zero-order chi connectivity index (χ0) is 21.6. The van der Waals surface area contributed by atoms with Crippen LogP contribution in [0.3, 0.4) is 0 Å². The molecule has 6 heteroatoms. The number of likely N-dealkylation sites (N-methyl/N-ethyl adjacent to an activating group) is 1. The van der Waals surface area contributed by atoms with E-state index in [-0.39, 0.29) is 6.61 Å². The summed E-state index contributed by atoms with van der Waals surface area (Å²) < 4.78 is 11.7. The monoisotopic (exact) mass is 432 g/mol. The Balaban J connectivity index is 1.52. The van der Waals surface area contributed by atoms with Crippen LogP contribution in [0.15, 0.2) is 42.5 Å². The standard InChI is InChI=1S/C24H33ClN2O3/c1-19-5-10-22(25)23(15-19)30-18-24(28)11-4-12-27(17-24)16-20-6-8-21(9-7-20)29-14-13-26(2)3/h5-10,15,28H,4,11-14,16-18H2,1-3H3/t24-/m0/s1. The molecule has 0 saturated carbocycles. The Bertz CT molecular complexity index is 813. The zero-order valence-electron chi connectivity index (χ0n) is 18.2. The molecule has 2 aromatic carbocycles. The lowest BCUT2D eigenvalue weighted by atomic mass is 9.93. The molecule has 1 atom stereocenters. The van der Waals surface area contributed by atoms with Gasteiger partial charge in [-0.3, -0.25) is 4.90 Å². The first-order valence-corrected chi connectivity index (χ1v) is 10.9. The molecule has 1 heterocycles. The summed E-state index contributed by atoms with van der Waals surface area (Å²) in [6.07, 6.45) is 1.67. The average Bonchev–Trinajstić information content (AvgIpc) is 2.70. The number of β-amino-alcohol motifs (C(OH)–C–C–N with tert-alkyl or cyclic N) is 1. The summed E-state index contributed by atoms with van der Waals surface area (Å²) in [5.41, 5.74) is 1.42. The quantitative estimate of drug-likeness (QED) is 0.649. The lowest BCUT2D eigenvalue weighted by molar-refractivity contribution is -0.0620. The molecule has 0 radical (unpaired) electrons. The Kier molecular flexibility index (Phi) is 8.00. The maximum atomic E-state index is 11.1. The van der Waals surface area contributed by atoms with Crippen molar-refractivity contribution in [1.82, 2.24) is 9.80 Å². The molecule has 0 amide bonds. The summed E-state index contributed by atoms with van der Waals surface area (Å²) in [6.45, 7) is 6.15. The van der Waals surface area contributed by atoms with Gasteiger partial charge in [0.25, 0.3) is 0 Å². The van der Waals surface area contributed by atoms with Crippen LogP contribution in [0.1, 0.15) is 24.0 Å². The Hall–Kier alpha value is -1.79. The summed E-state index contributed by atoms with van der Waals surface area (Å²) in [4.78, 5) is 4.38. The predicted molar refractivity (Wildman–Crippen MR) is 122 cm³/mol. The van der Waals surface area contributed by atoms with Crippen molar-refractivity contribution in [3.05, 3.63) is 58.6 Å². The summed E-state index contributed by atoms with van der Waals surface area (Å²) in [7, 11) is 4.07. The van der Waals surface area contributed by atoms with Crippen LogP contribution < -0.4 is 9.47 Å². The number of rotatable bonds is 9. The molecule has 3 rings (SSSR count). The molecule has 30 heavy (non-hydrogen) atoms. The van der Waals surface area contributed by atoms with Crippen LogP contribution in [-0.2, 0) is 6.54 Å². The van der Waals surface area contributed by atoms with E-state index in [1.54, 1.807) is 0 Å². The fraction of sp³-hybridized carbons (Fsp3) is 0.500. The van der Waals surface area contributed by atoms with Gasteiger partial charge in [-0.05, 0) is 75.8 Å². The normalized spacial score (nSPS) is 19.8. The van der Waals surface area contributed by atoms with Crippen molar-refractivity contribution >= 4 is 11.6 Å². The van der Waals surface area contributed by atoms with Crippen molar-refractivity contribution in [2.24, 2.45) is 0 Å². The molecule has 1 aliphatic heterocycles. The van der Waals surface area contributed by atoms with Gasteiger partial charge in [-0.25, -0.2) is 0 Å². The highest BCUT2D eigenvalue weighted by atomic mass is 35.5. The maximum absolute atomic E-state index is 11.1. The molecule has 1 fully saturated rings. The van der Waals surface area contributed by atoms with Gasteiger partial charge >= 0.3 is 0 Å². The molecular weight excluding hydrogens is 400 g/mol. The fourth-order valence-electron chi connectivity index (χ4n) is 3.69. The minimum absolute atomic E-state index is 0.241. The lowest BCUT2D eigenvalue weighted by Gasteiger charge is -2.39. The minimum atomic E-state index is -0.874. The fourth-order valence-corrected chi connectivity index (χ4v) is 3.86. The van der Waals surface area contributed by atoms with Gasteiger partial charge in [0.05, 0.1) is 5.02 Å². The molecule has 1 N–H and O–H groups in total. The second-order valence-corrected chi connectivity index (χ2v) is 8.96. The Morgan fingerprint density at radius 1 is 1.13 bits per heavy atom. The van der Waals surface area contributed by atoms with Gasteiger partial charge in [0.2, 0.25) is 0 Å². The minimum Gasteiger partial charge on any atom is -0.492 e. The van der Waals surface area contributed by atoms with Gasteiger partial charge in [-0.1, -0.05) is 29.8 Å². The van der Waals surface area contributed by atoms with Crippen LogP contribution >= 0.6 is 11.6 Å². The number of hydrogen-bond donors (Lipinski definition) is 1. The number of likely N-dealkylation sites (tertiary alicyclic amines) is 1. The zero-order valence-corrected chi connectivity index (χ0v) is 19.0. The summed E-state index contributed by atoms with van der Waals surface area (Å²) >= 11 is 6.23. The number of benzene rings is 2. The number of nitrogens with zero attached hydrogens (tertiary/aromatic N) is 2. The highest BCUT2D eigenvalue weighted by Gasteiger charge is 2.34. The third-order valence-electron chi connectivity index (χ3n) is 5.35. The van der Waals surface area contributed by atoms with Crippen LogP contribution in [0.25, 0.3) is 0 Å². The van der Waals surface area contributed by atoms with Crippen molar-refractivity contribution < 1.29 is 14.6 Å². The average molecular weight is 433 g/mol. The van der Waals surface area contributed by atoms with E-state index in [9.17, 15) is 5.11 Å². The highest BCUT2D eigenvalue weighted by Crippen LogP contribution is 2.29. The summed E-state index contributed by atoms with van der Waals surface area (Å²) in [5.74, 6) is 1.52. The molecule has 0 spiro atoms. The Morgan fingerprint density at radius 2 is 1.90 bits per heavy atom. The third-order valence-corrected chi connectivity index (χ3v) is 5.67. The molecular formula is C24H33ClN2O3. The summed E-state index contributed by atoms with van der Waals surface area (Å²) in [5, 5.41) is 11.7. The van der Waals surface area contributed by atoms with Crippen LogP contribution in [-0.4, -0.2) is 67.5 Å². The summed E-state index contributed by atoms with van der Waals surface area (Å²) in [6, 6.07) is 13.9. The third kappa shape index (κ3) is 6.88. The number of aryl methyl sites for hydroxylation is 1. The van der Waals surface area contributed by atoms with Gasteiger partial charge in [-0.15, -0.1) is 0 Å². The van der Waals surface area contributed by atoms with Crippen molar-refractivity contribution in [2.45, 2.75) is 31.9 Å². The first kappa shape index (κ1) is 22.9. The van der Waals surface area contributed by atoms with Crippen LogP contribution in [0.5, 0.6) is 11.5 Å². The molecule has 0 aliphatic carbocycles. The molecule has 1 aliphatic rings. The van der Waals surface area contributed by atoms with Gasteiger partial charge in [-0.2, -0.15) is 0 Å². The second kappa shape index (κ2) is 10.5. The first-order valence-electron chi connectivity index (χ1n) is 10.5. The van der Waals surface area contributed by atoms with Gasteiger partial charge in [0.1, 0.15) is 30.3 Å². The van der Waals surface area contributed by atoms with E-state index >= 15 is 0 Å². The van der Waals surface area contributed by atoms with E-state index in [0.717, 1.165) is 43.8 Å². The lowest BCUT2D eigenvalue weighted by Crippen LogP contribution is -2.51. The number of hydrogen-bond acceptors (Lipinski definition) is 5. The van der Waals surface area contributed by atoms with Crippen molar-refractivity contribution in [1.29, 1.82) is 0 Å². The van der Waals surface area contributed by atoms with E-state index in [1.165, 1.54) is 5.56 Å². The SMILES string of the molecule is Cc1ccc(Cl)c(OC[C@]2(O)CCCN(Cc3ccc(OCCN(C)C)cc3)C2)c1. The van der Waals surface area contributed by atoms with Crippen LogP contribution in [0.4, 0.5) is 0 Å². The first-order chi connectivity index (χ1) is 14.3. The Labute approximate surface area is 185 Å². The molecule has 164 valence electrons. The van der Waals surface area contributed by atoms with E-state index in [1.807, 2.05) is 51.4 Å². The highest BCUT2D eigenvalue weighted by molar-refractivity contribution is 6.32. The largest absolute Gasteiger partial charge is 0.492 e. The molecule has 5 nitrogen and oxygen atoms in total. The number of halogens is 1. The van der Waals surface area contributed by atoms with Gasteiger partial charge in [0.15, 0.2) is 0 Å². The second-order valence-electron chi connectivity index (χ2n) is 8.56. The molecule has 0 unspecified atom stereocenters. The van der Waals surface area contributed by atoms with Gasteiger partial charge < -0.3 is 19.5 Å². The maximum Gasteiger partial charge on any atom is 0.138 e. The van der Waals surface area contributed by atoms with E-state index in [2.05, 4.69) is 21.9 Å². The smallest absolute Gasteiger partial charge is 0.138 e. The number of aliphatic hydroxyl groups is 1. The molecule has 0 aromatic heterocycles. The number of ether oxygens (including phenoxy) is 2.